The Morgan fingerprint density at radius 3 is 1.94 bits per heavy atom. The van der Waals surface area contributed by atoms with E-state index in [4.69, 9.17) is 26.0 Å². The van der Waals surface area contributed by atoms with Crippen LogP contribution in [0.4, 0.5) is 13.2 Å². The third kappa shape index (κ3) is 19.5. The molecule has 0 aromatic carbocycles. The maximum absolute atomic E-state index is 12.9. The molecule has 0 fully saturated rings. The summed E-state index contributed by atoms with van der Waals surface area (Å²) in [4.78, 5) is 35.7. The van der Waals surface area contributed by atoms with Gasteiger partial charge in [0.2, 0.25) is 0 Å². The minimum absolute atomic E-state index is 0.0787. The summed E-state index contributed by atoms with van der Waals surface area (Å²) in [6.45, 7) is 2.73. The quantitative estimate of drug-likeness (QED) is 0.0377. The summed E-state index contributed by atoms with van der Waals surface area (Å²) in [6.07, 6.45) is 8.94. The summed E-state index contributed by atoms with van der Waals surface area (Å²) in [5.74, 6) is -2.19. The van der Waals surface area contributed by atoms with Gasteiger partial charge in [0.05, 0.1) is 25.9 Å². The molecule has 0 saturated carbocycles. The number of aromatic nitrogens is 2. The van der Waals surface area contributed by atoms with Crippen molar-refractivity contribution in [3.63, 3.8) is 0 Å². The molecule has 48 heavy (non-hydrogen) atoms. The Labute approximate surface area is 286 Å². The summed E-state index contributed by atoms with van der Waals surface area (Å²) in [7, 11) is -4.90. The van der Waals surface area contributed by atoms with Gasteiger partial charge in [-0.3, -0.25) is 28.2 Å². The van der Waals surface area contributed by atoms with Crippen molar-refractivity contribution < 1.29 is 51.4 Å². The van der Waals surface area contributed by atoms with Gasteiger partial charge in [-0.2, -0.15) is 13.2 Å². The Hall–Kier alpha value is -1.65. The molecule has 0 bridgehead atoms. The van der Waals surface area contributed by atoms with Gasteiger partial charge in [0.1, 0.15) is 11.7 Å². The molecule has 0 saturated heterocycles. The van der Waals surface area contributed by atoms with E-state index in [0.717, 1.165) is 31.7 Å². The zero-order valence-corrected chi connectivity index (χ0v) is 30.1. The molecule has 5 N–H and O–H groups in total. The number of aliphatic hydroxyl groups is 2. The zero-order chi connectivity index (χ0) is 36.2. The largest absolute Gasteiger partial charge is 0.472 e. The SMILES string of the molecule is CCCCCCCCCCCCCCCC[C@H](COP(=O)(O)OC[C@H](CO)O[C@@H](n1ccc(=O)[nH]c1=S)C(C)(C)O)NC(=O)C(F)(F)F. The summed E-state index contributed by atoms with van der Waals surface area (Å²) in [6, 6.07) is -0.0859. The number of nitrogens with zero attached hydrogens (tertiary/aromatic N) is 1. The molecule has 0 aliphatic carbocycles. The average Bonchev–Trinajstić information content (AvgIpc) is 2.99. The first-order valence-corrected chi connectivity index (χ1v) is 18.7. The maximum Gasteiger partial charge on any atom is 0.472 e. The second-order valence-electron chi connectivity index (χ2n) is 12.6. The van der Waals surface area contributed by atoms with Crippen molar-refractivity contribution in [3.05, 3.63) is 27.4 Å². The number of nitrogens with one attached hydrogen (secondary N) is 2. The molecule has 0 aliphatic heterocycles. The minimum atomic E-state index is -5.15. The lowest BCUT2D eigenvalue weighted by Crippen LogP contribution is -2.45. The lowest BCUT2D eigenvalue weighted by Gasteiger charge is -2.34. The molecule has 1 amide bonds. The molecule has 0 aliphatic rings. The number of halogens is 3. The number of aliphatic hydroxyl groups excluding tert-OH is 1. The van der Waals surface area contributed by atoms with Gasteiger partial charge in [-0.05, 0) is 32.5 Å². The van der Waals surface area contributed by atoms with Crippen LogP contribution in [0.5, 0.6) is 0 Å². The van der Waals surface area contributed by atoms with E-state index in [0.29, 0.717) is 12.8 Å². The first-order valence-electron chi connectivity index (χ1n) is 16.8. The van der Waals surface area contributed by atoms with Crippen LogP contribution in [-0.4, -0.2) is 74.3 Å². The number of phosphoric ester groups is 1. The minimum Gasteiger partial charge on any atom is -0.394 e. The summed E-state index contributed by atoms with van der Waals surface area (Å²) in [5, 5.41) is 22.2. The van der Waals surface area contributed by atoms with Gasteiger partial charge in [0, 0.05) is 12.3 Å². The highest BCUT2D eigenvalue weighted by molar-refractivity contribution is 7.71. The van der Waals surface area contributed by atoms with Gasteiger partial charge in [0.25, 0.3) is 5.56 Å². The Kier molecular flexibility index (Phi) is 21.2. The van der Waals surface area contributed by atoms with Gasteiger partial charge in [-0.15, -0.1) is 0 Å². The van der Waals surface area contributed by atoms with Crippen LogP contribution < -0.4 is 10.9 Å². The molecule has 280 valence electrons. The number of unbranched alkanes of at least 4 members (excludes halogenated alkanes) is 13. The zero-order valence-electron chi connectivity index (χ0n) is 28.3. The predicted octanol–water partition coefficient (Wildman–Crippen LogP) is 6.60. The number of hydrogen-bond acceptors (Lipinski definition) is 9. The van der Waals surface area contributed by atoms with Crippen molar-refractivity contribution in [1.29, 1.82) is 0 Å². The molecule has 1 aromatic heterocycles. The molecule has 12 nitrogen and oxygen atoms in total. The van der Waals surface area contributed by atoms with Gasteiger partial charge in [-0.25, -0.2) is 4.57 Å². The number of rotatable bonds is 27. The van der Waals surface area contributed by atoms with Crippen LogP contribution in [0.1, 0.15) is 123 Å². The molecule has 1 unspecified atom stereocenters. The highest BCUT2D eigenvalue weighted by atomic mass is 32.1. The number of hydrogen-bond donors (Lipinski definition) is 5. The van der Waals surface area contributed by atoms with E-state index in [9.17, 15) is 42.4 Å². The average molecular weight is 734 g/mol. The third-order valence-electron chi connectivity index (χ3n) is 7.59. The highest BCUT2D eigenvalue weighted by Gasteiger charge is 2.40. The monoisotopic (exact) mass is 733 g/mol. The van der Waals surface area contributed by atoms with E-state index in [-0.39, 0.29) is 11.2 Å². The van der Waals surface area contributed by atoms with Crippen LogP contribution in [0.25, 0.3) is 0 Å². The molecular formula is C31H55F3N3O9PS. The first kappa shape index (κ1) is 44.4. The second-order valence-corrected chi connectivity index (χ2v) is 14.4. The Bertz CT molecular complexity index is 1210. The normalized spacial score (nSPS) is 15.5. The topological polar surface area (TPSA) is 172 Å². The maximum atomic E-state index is 12.9. The van der Waals surface area contributed by atoms with Crippen molar-refractivity contribution in [2.75, 3.05) is 19.8 Å². The fourth-order valence-electron chi connectivity index (χ4n) is 4.95. The van der Waals surface area contributed by atoms with Crippen molar-refractivity contribution in [3.8, 4) is 0 Å². The lowest BCUT2D eigenvalue weighted by atomic mass is 10.0. The molecule has 17 heteroatoms. The van der Waals surface area contributed by atoms with Crippen molar-refractivity contribution >= 4 is 25.9 Å². The van der Waals surface area contributed by atoms with Crippen LogP contribution in [0.2, 0.25) is 0 Å². The van der Waals surface area contributed by atoms with Crippen LogP contribution >= 0.6 is 20.0 Å². The number of amides is 1. The number of carbonyl (C=O) groups is 1. The Morgan fingerprint density at radius 1 is 0.979 bits per heavy atom. The number of aromatic amines is 1. The van der Waals surface area contributed by atoms with Crippen molar-refractivity contribution in [2.24, 2.45) is 0 Å². The van der Waals surface area contributed by atoms with E-state index in [1.165, 1.54) is 76.0 Å². The highest BCUT2D eigenvalue weighted by Crippen LogP contribution is 2.44. The smallest absolute Gasteiger partial charge is 0.394 e. The standard InChI is InChI=1S/C31H55F3N3O9PS/c1-4-5-6-7-8-9-10-11-12-13-14-15-16-17-18-24(35-27(40)31(32,33)34)22-44-47(42,43)45-23-25(21-38)46-28(30(2,3)41)37-20-19-26(39)36-29(37)48/h19-20,24-25,28,38,41H,4-18,21-23H2,1-3H3,(H,35,40)(H,42,43)(H,36,39,48)/t24-,25+,28-/m1/s1. The van der Waals surface area contributed by atoms with Crippen LogP contribution in [0.3, 0.4) is 0 Å². The molecule has 1 aromatic rings. The number of phosphoric acid groups is 1. The van der Waals surface area contributed by atoms with E-state index in [1.54, 1.807) is 0 Å². The van der Waals surface area contributed by atoms with Crippen molar-refractivity contribution in [2.45, 2.75) is 147 Å². The lowest BCUT2D eigenvalue weighted by molar-refractivity contribution is -0.175. The molecule has 4 atom stereocenters. The van der Waals surface area contributed by atoms with Gasteiger partial charge in [-0.1, -0.05) is 96.8 Å². The van der Waals surface area contributed by atoms with Gasteiger partial charge < -0.3 is 25.2 Å². The summed E-state index contributed by atoms with van der Waals surface area (Å²) in [5.41, 5.74) is -2.12. The Morgan fingerprint density at radius 2 is 1.48 bits per heavy atom. The van der Waals surface area contributed by atoms with E-state index in [1.807, 2.05) is 5.32 Å². The Balaban J connectivity index is 2.59. The third-order valence-corrected chi connectivity index (χ3v) is 8.86. The second kappa shape index (κ2) is 22.9. The van der Waals surface area contributed by atoms with Crippen LogP contribution in [0, 0.1) is 4.77 Å². The summed E-state index contributed by atoms with van der Waals surface area (Å²) < 4.78 is 68.0. The predicted molar refractivity (Wildman–Crippen MR) is 178 cm³/mol. The first-order chi connectivity index (χ1) is 22.5. The van der Waals surface area contributed by atoms with E-state index < -0.39 is 69.3 Å². The van der Waals surface area contributed by atoms with Crippen LogP contribution in [-0.2, 0) is 23.1 Å². The number of ether oxygens (including phenoxy) is 1. The summed E-state index contributed by atoms with van der Waals surface area (Å²) >= 11 is 5.11. The molecular weight excluding hydrogens is 678 g/mol. The van der Waals surface area contributed by atoms with E-state index in [2.05, 4.69) is 11.9 Å². The van der Waals surface area contributed by atoms with E-state index >= 15 is 0 Å². The number of H-pyrrole nitrogens is 1. The van der Waals surface area contributed by atoms with Crippen molar-refractivity contribution in [1.82, 2.24) is 14.9 Å². The molecule has 0 spiro atoms. The fourth-order valence-corrected chi connectivity index (χ4v) is 6.00. The van der Waals surface area contributed by atoms with Gasteiger partial charge in [0.15, 0.2) is 11.0 Å². The molecule has 0 radical (unpaired) electrons. The number of carbonyl (C=O) groups excluding carboxylic acids is 1. The number of alkyl halides is 3. The van der Waals surface area contributed by atoms with Gasteiger partial charge >= 0.3 is 19.9 Å². The fraction of sp³-hybridized carbons (Fsp3) is 0.839. The molecule has 1 rings (SSSR count). The molecule has 1 heterocycles. The van der Waals surface area contributed by atoms with Crippen LogP contribution in [0.15, 0.2) is 17.1 Å².